The number of carbonyl (C=O) groups excluding carboxylic acids is 9. The van der Waals surface area contributed by atoms with E-state index in [9.17, 15) is 44.1 Å². The van der Waals surface area contributed by atoms with Gasteiger partial charge < -0.3 is 84.9 Å². The average molecular weight is 1360 g/mol. The summed E-state index contributed by atoms with van der Waals surface area (Å²) in [7, 11) is 1.78. The minimum Gasteiger partial charge on any atom is -0.508 e. The summed E-state index contributed by atoms with van der Waals surface area (Å²) >= 11 is 0. The summed E-state index contributed by atoms with van der Waals surface area (Å²) in [6.07, 6.45) is -0.214. The number of fused-ring (bicyclic) bond motifs is 1. The zero-order valence-corrected chi connectivity index (χ0v) is 55.1. The minimum absolute atomic E-state index is 0.0480. The molecule has 28 heteroatoms. The standard InChI is InChI=1S/C68H85N13O13S2/c1-39(2)71-35-45-23-21-43(22-24-45)32-52-61(86)76-55(34-46-36-72-49-19-11-10-18-48(46)49)64(89)73-50(20-12-13-29-69)59(84)81-58(40(3)82)66(91)77-53(31-42-16-8-5-9-17-42)62(87)79-57(67(92)93)38-96-95-37-56(65(90)75-51(60(85)74-52)30-41-14-6-4-7-15-41)78-63(88)54(80-68(70)94)33-44-25-27-47(83)28-26-44/h4-11,14-19,21-28,36,39-40,50-58,71-72,82-83H,12-13,20,29-35,37-38,69H2,1-3H3,(H,73,89)(H,74,85)(H,75,90)(H,76,86)(H,77,91)(H,78,88)(H,79,87)(H,81,84)(H,92,93)(H3,70,80,94)/t40-,50+,51+,52+,53+,54+,55+,56+,57+,58-/m1/s1. The molecule has 2 heterocycles. The van der Waals surface area contributed by atoms with Crippen LogP contribution in [0.3, 0.4) is 0 Å². The van der Waals surface area contributed by atoms with Crippen LogP contribution in [-0.2, 0) is 81.8 Å². The number of aromatic amines is 1. The van der Waals surface area contributed by atoms with E-state index in [4.69, 9.17) is 11.5 Å². The molecule has 1 fully saturated rings. The summed E-state index contributed by atoms with van der Waals surface area (Å²) in [5, 5.41) is 59.8. The van der Waals surface area contributed by atoms with Gasteiger partial charge in [0.2, 0.25) is 47.3 Å². The smallest absolute Gasteiger partial charge is 0.327 e. The van der Waals surface area contributed by atoms with Crippen LogP contribution in [0.25, 0.3) is 10.9 Å². The van der Waals surface area contributed by atoms with Crippen LogP contribution in [0.5, 0.6) is 5.75 Å². The van der Waals surface area contributed by atoms with Gasteiger partial charge in [-0.15, -0.1) is 0 Å². The number of para-hydroxylation sites is 1. The molecule has 0 unspecified atom stereocenters. The molecule has 5 aromatic carbocycles. The number of carboxylic acid groups (broad SMARTS) is 1. The Kier molecular flexibility index (Phi) is 28.5. The van der Waals surface area contributed by atoms with Crippen molar-refractivity contribution in [3.63, 3.8) is 0 Å². The lowest BCUT2D eigenvalue weighted by Gasteiger charge is -2.29. The Morgan fingerprint density at radius 2 is 1.05 bits per heavy atom. The predicted octanol–water partition coefficient (Wildman–Crippen LogP) is 1.79. The Labute approximate surface area is 564 Å². The molecule has 10 atom stereocenters. The number of phenols is 1. The normalized spacial score (nSPS) is 21.4. The molecule has 6 aromatic rings. The van der Waals surface area contributed by atoms with Gasteiger partial charge >= 0.3 is 12.0 Å². The molecule has 0 spiro atoms. The van der Waals surface area contributed by atoms with Gasteiger partial charge in [0.1, 0.15) is 60.1 Å². The molecule has 512 valence electrons. The summed E-state index contributed by atoms with van der Waals surface area (Å²) in [6.45, 7) is 5.97. The highest BCUT2D eigenvalue weighted by Crippen LogP contribution is 2.25. The molecule has 0 radical (unpaired) electrons. The number of aliphatic carboxylic acids is 1. The largest absolute Gasteiger partial charge is 0.508 e. The lowest BCUT2D eigenvalue weighted by atomic mass is 9.99. The van der Waals surface area contributed by atoms with E-state index in [2.05, 4.69) is 58.2 Å². The second kappa shape index (κ2) is 37.0. The van der Waals surface area contributed by atoms with Crippen molar-refractivity contribution >= 4 is 91.7 Å². The predicted molar refractivity (Wildman–Crippen MR) is 365 cm³/mol. The number of H-pyrrole nitrogens is 1. The number of amides is 10. The van der Waals surface area contributed by atoms with Crippen molar-refractivity contribution in [2.75, 3.05) is 18.1 Å². The maximum atomic E-state index is 15.4. The first-order valence-electron chi connectivity index (χ1n) is 31.6. The quantitative estimate of drug-likeness (QED) is 0.0340. The molecule has 26 nitrogen and oxygen atoms in total. The van der Waals surface area contributed by atoms with Crippen molar-refractivity contribution in [2.45, 2.75) is 145 Å². The number of hydrogen-bond donors (Lipinski definition) is 16. The molecule has 1 aliphatic rings. The van der Waals surface area contributed by atoms with E-state index in [-0.39, 0.29) is 74.8 Å². The van der Waals surface area contributed by atoms with Crippen LogP contribution >= 0.6 is 21.6 Å². The number of carboxylic acids is 1. The van der Waals surface area contributed by atoms with Crippen LogP contribution in [0.2, 0.25) is 0 Å². The zero-order chi connectivity index (χ0) is 69.3. The second-order valence-corrected chi connectivity index (χ2v) is 26.3. The van der Waals surface area contributed by atoms with Crippen LogP contribution in [0.1, 0.15) is 73.4 Å². The van der Waals surface area contributed by atoms with E-state index in [0.717, 1.165) is 27.2 Å². The van der Waals surface area contributed by atoms with Crippen molar-refractivity contribution in [2.24, 2.45) is 11.5 Å². The number of rotatable bonds is 22. The van der Waals surface area contributed by atoms with Gasteiger partial charge in [-0.2, -0.15) is 0 Å². The fraction of sp³-hybridized carbons (Fsp3) is 0.382. The number of phenolic OH excluding ortho intramolecular Hbond substituents is 1. The minimum atomic E-state index is -1.77. The van der Waals surface area contributed by atoms with Crippen LogP contribution in [0, 0.1) is 0 Å². The van der Waals surface area contributed by atoms with Gasteiger partial charge in [0.05, 0.1) is 6.10 Å². The van der Waals surface area contributed by atoms with Gasteiger partial charge in [0.15, 0.2) is 0 Å². The number of carbonyl (C=O) groups is 10. The molecule has 1 saturated heterocycles. The Morgan fingerprint density at radius 1 is 0.562 bits per heavy atom. The number of urea groups is 1. The van der Waals surface area contributed by atoms with Gasteiger partial charge in [-0.05, 0) is 84.3 Å². The number of benzene rings is 5. The van der Waals surface area contributed by atoms with E-state index in [1.165, 1.54) is 31.2 Å². The number of hydrogen-bond acceptors (Lipinski definition) is 16. The SMILES string of the molecule is CC(C)NCc1ccc(C[C@@H]2NC(=O)[C@H](Cc3ccccc3)NC(=O)[C@@H](NC(=O)[C@H](Cc3ccc(O)cc3)NC(N)=O)CSSC[C@@H](C(=O)O)NC(=O)[C@H](Cc3ccccc3)NC(=O)[C@@H]([C@@H](C)O)NC(=O)[C@H](CCCCN)NC(=O)[C@H](Cc3c[nH]c4ccccc34)NC2=O)cc1. The highest BCUT2D eigenvalue weighted by Gasteiger charge is 2.38. The Morgan fingerprint density at radius 3 is 1.61 bits per heavy atom. The van der Waals surface area contributed by atoms with Crippen LogP contribution in [0.15, 0.2) is 140 Å². The third-order valence-electron chi connectivity index (χ3n) is 15.8. The number of aliphatic hydroxyl groups is 1. The van der Waals surface area contributed by atoms with Crippen LogP contribution in [0.4, 0.5) is 4.79 Å². The third kappa shape index (κ3) is 23.2. The molecule has 0 bridgehead atoms. The first-order chi connectivity index (χ1) is 46.0. The average Bonchev–Trinajstić information content (AvgIpc) is 1.58. The summed E-state index contributed by atoms with van der Waals surface area (Å²) in [5.41, 5.74) is 15.8. The fourth-order valence-corrected chi connectivity index (χ4v) is 12.9. The topological polar surface area (TPSA) is 420 Å². The van der Waals surface area contributed by atoms with Gasteiger partial charge in [0.25, 0.3) is 0 Å². The number of aromatic nitrogens is 1. The highest BCUT2D eigenvalue weighted by atomic mass is 33.1. The lowest BCUT2D eigenvalue weighted by Crippen LogP contribution is -2.62. The number of nitrogens with one attached hydrogen (secondary N) is 11. The van der Waals surface area contributed by atoms with E-state index in [0.29, 0.717) is 51.7 Å². The molecule has 1 aromatic heterocycles. The monoisotopic (exact) mass is 1360 g/mol. The Hall–Kier alpha value is -9.48. The third-order valence-corrected chi connectivity index (χ3v) is 18.2. The van der Waals surface area contributed by atoms with Crippen molar-refractivity contribution in [3.05, 3.63) is 173 Å². The first kappa shape index (κ1) is 73.9. The number of aliphatic hydroxyl groups excluding tert-OH is 1. The van der Waals surface area contributed by atoms with E-state index in [1.807, 2.05) is 44.2 Å². The second-order valence-electron chi connectivity index (χ2n) is 23.8. The van der Waals surface area contributed by atoms with Crippen molar-refractivity contribution in [1.82, 2.24) is 58.2 Å². The molecule has 0 aliphatic carbocycles. The van der Waals surface area contributed by atoms with E-state index >= 15 is 19.2 Å². The molecule has 10 amide bonds. The summed E-state index contributed by atoms with van der Waals surface area (Å²) < 4.78 is 0. The molecular formula is C68H85N13O13S2. The molecule has 18 N–H and O–H groups in total. The molecule has 7 rings (SSSR count). The summed E-state index contributed by atoms with van der Waals surface area (Å²) in [6, 6.07) is 22.6. The van der Waals surface area contributed by atoms with Gasteiger partial charge in [-0.3, -0.25) is 38.4 Å². The van der Waals surface area contributed by atoms with Crippen LogP contribution < -0.4 is 64.6 Å². The number of unbranched alkanes of at least 4 members (excludes halogenated alkanes) is 1. The number of primary amides is 1. The van der Waals surface area contributed by atoms with Gasteiger partial charge in [-0.25, -0.2) is 9.59 Å². The fourth-order valence-electron chi connectivity index (χ4n) is 10.6. The summed E-state index contributed by atoms with van der Waals surface area (Å²) in [4.78, 5) is 147. The van der Waals surface area contributed by atoms with Crippen molar-refractivity contribution < 1.29 is 63.3 Å². The Balaban J connectivity index is 1.33. The molecule has 1 aliphatic heterocycles. The van der Waals surface area contributed by atoms with E-state index in [1.54, 1.807) is 85.1 Å². The number of aromatic hydroxyl groups is 1. The number of nitrogens with two attached hydrogens (primary N) is 2. The van der Waals surface area contributed by atoms with E-state index < -0.39 is 120 Å². The Bertz CT molecular complexity index is 3600. The maximum absolute atomic E-state index is 15.4. The van der Waals surface area contributed by atoms with Crippen molar-refractivity contribution in [3.8, 4) is 5.75 Å². The molecular weight excluding hydrogens is 1270 g/mol. The maximum Gasteiger partial charge on any atom is 0.327 e. The first-order valence-corrected chi connectivity index (χ1v) is 34.1. The lowest BCUT2D eigenvalue weighted by molar-refractivity contribution is -0.141. The van der Waals surface area contributed by atoms with Crippen LogP contribution in [-0.4, -0.2) is 164 Å². The molecule has 96 heavy (non-hydrogen) atoms. The van der Waals surface area contributed by atoms with Gasteiger partial charge in [-0.1, -0.05) is 151 Å². The zero-order valence-electron chi connectivity index (χ0n) is 53.5. The van der Waals surface area contributed by atoms with Crippen molar-refractivity contribution in [1.29, 1.82) is 0 Å². The molecule has 0 saturated carbocycles. The van der Waals surface area contributed by atoms with Gasteiger partial charge in [0, 0.05) is 73.3 Å². The summed E-state index contributed by atoms with van der Waals surface area (Å²) in [5.74, 6) is -9.69. The highest BCUT2D eigenvalue weighted by molar-refractivity contribution is 8.76.